The zero-order valence-electron chi connectivity index (χ0n) is 17.1. The number of carbonyl (C=O) groups excluding carboxylic acids is 2. The number of carbonyl (C=O) groups is 2. The number of fused-ring (bicyclic) bond motifs is 1. The lowest BCUT2D eigenvalue weighted by Gasteiger charge is -2.13. The van der Waals surface area contributed by atoms with Gasteiger partial charge in [-0.2, -0.15) is 0 Å². The Morgan fingerprint density at radius 3 is 2.44 bits per heavy atom. The molecule has 0 saturated carbocycles. The molecule has 0 spiro atoms. The van der Waals surface area contributed by atoms with E-state index in [0.717, 1.165) is 6.07 Å². The molecule has 8 nitrogen and oxygen atoms in total. The van der Waals surface area contributed by atoms with E-state index in [1.165, 1.54) is 38.4 Å². The minimum Gasteiger partial charge on any atom is -0.493 e. The number of methoxy groups -OCH3 is 1. The largest absolute Gasteiger partial charge is 0.493 e. The first-order valence-corrected chi connectivity index (χ1v) is 9.51. The predicted molar refractivity (Wildman–Crippen MR) is 115 cm³/mol. The number of halogens is 1. The van der Waals surface area contributed by atoms with Crippen LogP contribution in [0, 0.1) is 5.82 Å². The van der Waals surface area contributed by atoms with Crippen LogP contribution in [0.15, 0.2) is 60.8 Å². The second-order valence-electron chi connectivity index (χ2n) is 6.70. The molecule has 0 fully saturated rings. The Morgan fingerprint density at radius 2 is 1.72 bits per heavy atom. The summed E-state index contributed by atoms with van der Waals surface area (Å²) in [7, 11) is 1.37. The third kappa shape index (κ3) is 4.36. The highest BCUT2D eigenvalue weighted by molar-refractivity contribution is 6.06. The van der Waals surface area contributed by atoms with Crippen molar-refractivity contribution < 1.29 is 23.5 Å². The molecule has 32 heavy (non-hydrogen) atoms. The fourth-order valence-corrected chi connectivity index (χ4v) is 2.92. The first-order chi connectivity index (χ1) is 15.4. The minimum atomic E-state index is -0.611. The summed E-state index contributed by atoms with van der Waals surface area (Å²) in [5.74, 6) is -1.15. The van der Waals surface area contributed by atoms with Gasteiger partial charge < -0.3 is 14.8 Å². The molecule has 1 N–H and O–H groups in total. The van der Waals surface area contributed by atoms with E-state index in [0.29, 0.717) is 16.7 Å². The molecule has 2 heterocycles. The average Bonchev–Trinajstić information content (AvgIpc) is 2.79. The van der Waals surface area contributed by atoms with E-state index in [4.69, 9.17) is 9.47 Å². The van der Waals surface area contributed by atoms with Crippen molar-refractivity contribution in [3.63, 3.8) is 0 Å². The molecular weight excluding hydrogens is 415 g/mol. The number of pyridine rings is 1. The monoisotopic (exact) mass is 432 g/mol. The molecule has 4 rings (SSSR count). The average molecular weight is 432 g/mol. The molecule has 0 aliphatic carbocycles. The Labute approximate surface area is 182 Å². The van der Waals surface area contributed by atoms with Gasteiger partial charge in [0.15, 0.2) is 23.0 Å². The second-order valence-corrected chi connectivity index (χ2v) is 6.70. The molecule has 0 bridgehead atoms. The van der Waals surface area contributed by atoms with E-state index < -0.39 is 11.7 Å². The number of nitrogens with one attached hydrogen (secondary N) is 1. The topological polar surface area (TPSA) is 103 Å². The zero-order chi connectivity index (χ0) is 22.7. The third-order valence-electron chi connectivity index (χ3n) is 4.46. The molecule has 160 valence electrons. The van der Waals surface area contributed by atoms with Crippen molar-refractivity contribution in [3.8, 4) is 17.4 Å². The summed E-state index contributed by atoms with van der Waals surface area (Å²) in [4.78, 5) is 37.4. The number of ketones is 1. The number of aromatic nitrogens is 3. The van der Waals surface area contributed by atoms with Gasteiger partial charge in [0.2, 0.25) is 0 Å². The number of amides is 1. The Hall–Kier alpha value is -4.40. The van der Waals surface area contributed by atoms with Crippen LogP contribution in [0.25, 0.3) is 11.0 Å². The van der Waals surface area contributed by atoms with Crippen LogP contribution in [0.4, 0.5) is 10.1 Å². The molecule has 2 aromatic carbocycles. The number of rotatable bonds is 6. The van der Waals surface area contributed by atoms with Crippen LogP contribution < -0.4 is 14.8 Å². The summed E-state index contributed by atoms with van der Waals surface area (Å²) in [5, 5.41) is 2.68. The van der Waals surface area contributed by atoms with Crippen LogP contribution in [-0.4, -0.2) is 33.8 Å². The van der Waals surface area contributed by atoms with E-state index >= 15 is 0 Å². The summed E-state index contributed by atoms with van der Waals surface area (Å²) < 4.78 is 24.6. The smallest absolute Gasteiger partial charge is 0.279 e. The Bertz CT molecular complexity index is 1340. The molecular formula is C23H17FN4O4. The first-order valence-electron chi connectivity index (χ1n) is 9.51. The summed E-state index contributed by atoms with van der Waals surface area (Å²) in [5.41, 5.74) is 1.45. The van der Waals surface area contributed by atoms with Gasteiger partial charge >= 0.3 is 0 Å². The van der Waals surface area contributed by atoms with Gasteiger partial charge in [0.1, 0.15) is 11.5 Å². The van der Waals surface area contributed by atoms with Gasteiger partial charge in [0.25, 0.3) is 11.8 Å². The number of hydrogen-bond donors (Lipinski definition) is 1. The Balaban J connectivity index is 1.75. The van der Waals surface area contributed by atoms with Crippen molar-refractivity contribution in [2.24, 2.45) is 0 Å². The molecule has 2 aromatic heterocycles. The van der Waals surface area contributed by atoms with Crippen LogP contribution in [-0.2, 0) is 0 Å². The lowest BCUT2D eigenvalue weighted by atomic mass is 10.2. The highest BCUT2D eigenvalue weighted by Gasteiger charge is 2.21. The first kappa shape index (κ1) is 20.9. The lowest BCUT2D eigenvalue weighted by molar-refractivity contribution is 0.100. The van der Waals surface area contributed by atoms with Crippen molar-refractivity contribution in [2.45, 2.75) is 6.92 Å². The number of anilines is 1. The van der Waals surface area contributed by atoms with Gasteiger partial charge in [-0.1, -0.05) is 12.1 Å². The lowest BCUT2D eigenvalue weighted by Crippen LogP contribution is -2.16. The fourth-order valence-electron chi connectivity index (χ4n) is 2.92. The maximum Gasteiger partial charge on any atom is 0.279 e. The molecule has 0 aliphatic heterocycles. The van der Waals surface area contributed by atoms with Gasteiger partial charge in [-0.15, -0.1) is 0 Å². The normalized spacial score (nSPS) is 10.6. The number of ether oxygens (including phenoxy) is 2. The van der Waals surface area contributed by atoms with Crippen molar-refractivity contribution in [2.75, 3.05) is 12.4 Å². The van der Waals surface area contributed by atoms with E-state index in [-0.39, 0.29) is 34.6 Å². The van der Waals surface area contributed by atoms with Crippen LogP contribution in [0.3, 0.4) is 0 Å². The van der Waals surface area contributed by atoms with Crippen molar-refractivity contribution >= 4 is 28.4 Å². The maximum atomic E-state index is 13.6. The van der Waals surface area contributed by atoms with Crippen LogP contribution in [0.1, 0.15) is 27.9 Å². The van der Waals surface area contributed by atoms with Gasteiger partial charge in [0, 0.05) is 24.9 Å². The fraction of sp³-hybridized carbons (Fsp3) is 0.0870. The molecule has 0 unspecified atom stereocenters. The van der Waals surface area contributed by atoms with Gasteiger partial charge in [-0.3, -0.25) is 14.6 Å². The van der Waals surface area contributed by atoms with Crippen LogP contribution in [0.5, 0.6) is 17.4 Å². The standard InChI is InChI=1S/C23H17FN4O4/c1-13(29)18-12-15(9-10-25-18)26-22(30)21-23(28-17-6-4-3-5-16(17)27-21)32-19-8-7-14(24)11-20(19)31-2/h3-12H,1-2H3,(H,25,26,30). The predicted octanol–water partition coefficient (Wildman–Crippen LogP) is 4.42. The number of Topliss-reactive ketones (excluding diaryl/α,β-unsaturated/α-hetero) is 1. The summed E-state index contributed by atoms with van der Waals surface area (Å²) in [6.45, 7) is 1.38. The Morgan fingerprint density at radius 1 is 0.969 bits per heavy atom. The third-order valence-corrected chi connectivity index (χ3v) is 4.46. The highest BCUT2D eigenvalue weighted by Crippen LogP contribution is 2.33. The van der Waals surface area contributed by atoms with Gasteiger partial charge in [0.05, 0.1) is 18.1 Å². The number of benzene rings is 2. The molecule has 0 radical (unpaired) electrons. The van der Waals surface area contributed by atoms with Crippen LogP contribution >= 0.6 is 0 Å². The summed E-state index contributed by atoms with van der Waals surface area (Å²) in [6.07, 6.45) is 1.42. The number of para-hydroxylation sites is 2. The highest BCUT2D eigenvalue weighted by atomic mass is 19.1. The van der Waals surface area contributed by atoms with E-state index in [2.05, 4.69) is 20.3 Å². The zero-order valence-corrected chi connectivity index (χ0v) is 17.1. The number of nitrogens with zero attached hydrogens (tertiary/aromatic N) is 3. The second kappa shape index (κ2) is 8.76. The summed E-state index contributed by atoms with van der Waals surface area (Å²) in [6, 6.07) is 13.7. The quantitative estimate of drug-likeness (QED) is 0.450. The van der Waals surface area contributed by atoms with E-state index in [1.807, 2.05) is 0 Å². The van der Waals surface area contributed by atoms with Crippen LogP contribution in [0.2, 0.25) is 0 Å². The van der Waals surface area contributed by atoms with Crippen molar-refractivity contribution in [1.29, 1.82) is 0 Å². The SMILES string of the molecule is COc1cc(F)ccc1Oc1nc2ccccc2nc1C(=O)Nc1ccnc(C(C)=O)c1. The molecule has 0 atom stereocenters. The molecule has 1 amide bonds. The molecule has 0 saturated heterocycles. The molecule has 4 aromatic rings. The van der Waals surface area contributed by atoms with Gasteiger partial charge in [-0.25, -0.2) is 14.4 Å². The maximum absolute atomic E-state index is 13.6. The Kier molecular flexibility index (Phi) is 5.71. The van der Waals surface area contributed by atoms with Gasteiger partial charge in [-0.05, 0) is 36.4 Å². The molecule has 0 aliphatic rings. The number of hydrogen-bond acceptors (Lipinski definition) is 7. The van der Waals surface area contributed by atoms with E-state index in [1.54, 1.807) is 30.3 Å². The molecule has 9 heteroatoms. The minimum absolute atomic E-state index is 0.0908. The summed E-state index contributed by atoms with van der Waals surface area (Å²) >= 11 is 0. The van der Waals surface area contributed by atoms with Crippen molar-refractivity contribution in [1.82, 2.24) is 15.0 Å². The van der Waals surface area contributed by atoms with E-state index in [9.17, 15) is 14.0 Å². The van der Waals surface area contributed by atoms with Crippen molar-refractivity contribution in [3.05, 3.63) is 78.0 Å².